The number of hydrogen-bond acceptors (Lipinski definition) is 7. The highest BCUT2D eigenvalue weighted by atomic mass is 35.5. The van der Waals surface area contributed by atoms with Crippen LogP contribution in [-0.2, 0) is 16.6 Å². The fourth-order valence-electron chi connectivity index (χ4n) is 5.26. The van der Waals surface area contributed by atoms with Crippen molar-refractivity contribution >= 4 is 33.1 Å². The molecule has 2 aromatic carbocycles. The van der Waals surface area contributed by atoms with Gasteiger partial charge in [-0.25, -0.2) is 26.5 Å². The van der Waals surface area contributed by atoms with Gasteiger partial charge in [-0.15, -0.1) is 0 Å². The Morgan fingerprint density at radius 2 is 1.80 bits per heavy atom. The molecule has 8 nitrogen and oxygen atoms in total. The van der Waals surface area contributed by atoms with Gasteiger partial charge in [0.1, 0.15) is 28.2 Å². The molecule has 16 heteroatoms. The zero-order chi connectivity index (χ0) is 33.3. The third-order valence-corrected chi connectivity index (χ3v) is 9.96. The molecule has 0 amide bonds. The standard InChI is InChI=1S/C29H31ClF6N4O4S/c1-5-38(2)16-28(29(34,35)36)11-12-39(17-28)21-14-20(31)27(26(33)25(21)30)45(41,42)40(24-8-6-7-23(32)37-24)15-18-9-10-19(43-3)13-22(18)44-4/h6-10,13-14H,5,11-12,15-17H2,1-4H3/t28-/m1/s1. The molecule has 0 unspecified atom stereocenters. The molecule has 0 radical (unpaired) electrons. The Balaban J connectivity index is 1.80. The summed E-state index contributed by atoms with van der Waals surface area (Å²) >= 11 is 6.25. The van der Waals surface area contributed by atoms with Gasteiger partial charge in [-0.3, -0.25) is 0 Å². The van der Waals surface area contributed by atoms with Gasteiger partial charge in [0, 0.05) is 37.3 Å². The van der Waals surface area contributed by atoms with E-state index in [4.69, 9.17) is 21.1 Å². The first-order valence-electron chi connectivity index (χ1n) is 13.6. The summed E-state index contributed by atoms with van der Waals surface area (Å²) in [4.78, 5) is 4.70. The van der Waals surface area contributed by atoms with E-state index in [0.717, 1.165) is 23.1 Å². The quantitative estimate of drug-likeness (QED) is 0.134. The van der Waals surface area contributed by atoms with Crippen LogP contribution in [0.15, 0.2) is 47.4 Å². The molecule has 246 valence electrons. The van der Waals surface area contributed by atoms with Crippen LogP contribution in [0.1, 0.15) is 18.9 Å². The number of sulfonamides is 1. The van der Waals surface area contributed by atoms with E-state index in [9.17, 15) is 26.0 Å². The molecular weight excluding hydrogens is 650 g/mol. The highest BCUT2D eigenvalue weighted by Gasteiger charge is 2.58. The molecule has 2 heterocycles. The summed E-state index contributed by atoms with van der Waals surface area (Å²) in [6.45, 7) is 0.178. The van der Waals surface area contributed by atoms with E-state index >= 15 is 8.78 Å². The molecule has 1 fully saturated rings. The minimum Gasteiger partial charge on any atom is -0.497 e. The molecule has 0 spiro atoms. The first-order valence-corrected chi connectivity index (χ1v) is 15.4. The van der Waals surface area contributed by atoms with E-state index in [-0.39, 0.29) is 30.8 Å². The van der Waals surface area contributed by atoms with E-state index in [0.29, 0.717) is 22.7 Å². The van der Waals surface area contributed by atoms with Gasteiger partial charge < -0.3 is 19.3 Å². The number of benzene rings is 2. The van der Waals surface area contributed by atoms with Gasteiger partial charge in [0.25, 0.3) is 10.0 Å². The Labute approximate surface area is 262 Å². The Hall–Kier alpha value is -3.43. The van der Waals surface area contributed by atoms with Crippen LogP contribution < -0.4 is 18.7 Å². The summed E-state index contributed by atoms with van der Waals surface area (Å²) in [7, 11) is -0.985. The molecule has 1 aliphatic rings. The van der Waals surface area contributed by atoms with Crippen LogP contribution in [-0.4, -0.2) is 71.9 Å². The monoisotopic (exact) mass is 680 g/mol. The molecular formula is C29H31ClF6N4O4S. The van der Waals surface area contributed by atoms with Crippen molar-refractivity contribution in [2.75, 3.05) is 56.7 Å². The number of halogens is 7. The summed E-state index contributed by atoms with van der Waals surface area (Å²) in [5, 5.41) is -0.883. The SMILES string of the molecule is CCN(C)C[C@]1(C(F)(F)F)CCN(c2cc(F)c(S(=O)(=O)N(Cc3ccc(OC)cc3OC)c3cccc(F)n3)c(F)c2Cl)C1. The van der Waals surface area contributed by atoms with Gasteiger partial charge in [-0.05, 0) is 44.3 Å². The number of methoxy groups -OCH3 is 2. The van der Waals surface area contributed by atoms with E-state index in [2.05, 4.69) is 4.98 Å². The zero-order valence-corrected chi connectivity index (χ0v) is 26.3. The van der Waals surface area contributed by atoms with Gasteiger partial charge in [0.15, 0.2) is 10.7 Å². The summed E-state index contributed by atoms with van der Waals surface area (Å²) < 4.78 is 128. The van der Waals surface area contributed by atoms with E-state index in [1.807, 2.05) is 0 Å². The zero-order valence-electron chi connectivity index (χ0n) is 24.8. The van der Waals surface area contributed by atoms with Gasteiger partial charge in [0.2, 0.25) is 5.95 Å². The van der Waals surface area contributed by atoms with Gasteiger partial charge in [-0.1, -0.05) is 24.6 Å². The number of alkyl halides is 3. The van der Waals surface area contributed by atoms with Crippen LogP contribution in [0.25, 0.3) is 0 Å². The number of hydrogen-bond donors (Lipinski definition) is 0. The third kappa shape index (κ3) is 6.75. The molecule has 1 aliphatic heterocycles. The maximum absolute atomic E-state index is 15.9. The molecule has 1 atom stereocenters. The second-order valence-corrected chi connectivity index (χ2v) is 12.8. The second-order valence-electron chi connectivity index (χ2n) is 10.6. The molecule has 0 aliphatic carbocycles. The van der Waals surface area contributed by atoms with Crippen LogP contribution in [0.3, 0.4) is 0 Å². The van der Waals surface area contributed by atoms with Crippen molar-refractivity contribution in [3.05, 3.63) is 70.6 Å². The third-order valence-electron chi connectivity index (χ3n) is 7.82. The Morgan fingerprint density at radius 1 is 1.09 bits per heavy atom. The highest BCUT2D eigenvalue weighted by molar-refractivity contribution is 7.92. The molecule has 1 aromatic heterocycles. The van der Waals surface area contributed by atoms with E-state index < -0.39 is 73.7 Å². The summed E-state index contributed by atoms with van der Waals surface area (Å²) in [6.07, 6.45) is -5.01. The minimum atomic E-state index is -5.22. The van der Waals surface area contributed by atoms with Crippen molar-refractivity contribution in [2.45, 2.75) is 31.0 Å². The van der Waals surface area contributed by atoms with E-state index in [1.54, 1.807) is 6.92 Å². The average Bonchev–Trinajstić information content (AvgIpc) is 3.42. The molecule has 45 heavy (non-hydrogen) atoms. The molecule has 4 rings (SSSR count). The Kier molecular flexibility index (Phi) is 10.0. The first kappa shape index (κ1) is 34.4. The van der Waals surface area contributed by atoms with Crippen LogP contribution in [0.5, 0.6) is 11.5 Å². The van der Waals surface area contributed by atoms with Crippen molar-refractivity contribution in [2.24, 2.45) is 5.41 Å². The Bertz CT molecular complexity index is 1660. The van der Waals surface area contributed by atoms with Crippen LogP contribution in [0, 0.1) is 23.0 Å². The molecule has 3 aromatic rings. The number of aromatic nitrogens is 1. The van der Waals surface area contributed by atoms with Crippen molar-refractivity contribution < 1.29 is 44.2 Å². The number of nitrogens with zero attached hydrogens (tertiary/aromatic N) is 4. The van der Waals surface area contributed by atoms with Gasteiger partial charge in [0.05, 0.1) is 31.9 Å². The lowest BCUT2D eigenvalue weighted by molar-refractivity contribution is -0.220. The topological polar surface area (TPSA) is 75.2 Å². The van der Waals surface area contributed by atoms with Crippen molar-refractivity contribution in [1.82, 2.24) is 9.88 Å². The molecule has 0 bridgehead atoms. The molecule has 0 N–H and O–H groups in total. The van der Waals surface area contributed by atoms with Gasteiger partial charge >= 0.3 is 6.18 Å². The summed E-state index contributed by atoms with van der Waals surface area (Å²) in [5.74, 6) is -4.39. The fraction of sp³-hybridized carbons (Fsp3) is 0.414. The lowest BCUT2D eigenvalue weighted by Gasteiger charge is -2.35. The van der Waals surface area contributed by atoms with E-state index in [1.165, 1.54) is 44.4 Å². The number of ether oxygens (including phenoxy) is 2. The van der Waals surface area contributed by atoms with Crippen LogP contribution in [0.2, 0.25) is 5.02 Å². The van der Waals surface area contributed by atoms with Crippen molar-refractivity contribution in [3.63, 3.8) is 0 Å². The molecule has 0 saturated carbocycles. The summed E-state index contributed by atoms with van der Waals surface area (Å²) in [5.41, 5.74) is -2.44. The predicted octanol–water partition coefficient (Wildman–Crippen LogP) is 6.28. The lowest BCUT2D eigenvalue weighted by Crippen LogP contribution is -2.48. The number of pyridine rings is 1. The van der Waals surface area contributed by atoms with Gasteiger partial charge in [-0.2, -0.15) is 17.6 Å². The smallest absolute Gasteiger partial charge is 0.397 e. The van der Waals surface area contributed by atoms with Crippen LogP contribution in [0.4, 0.5) is 37.8 Å². The highest BCUT2D eigenvalue weighted by Crippen LogP contribution is 2.48. The molecule has 1 saturated heterocycles. The maximum Gasteiger partial charge on any atom is 0.397 e. The second kappa shape index (κ2) is 13.1. The average molecular weight is 681 g/mol. The van der Waals surface area contributed by atoms with Crippen molar-refractivity contribution in [1.29, 1.82) is 0 Å². The fourth-order valence-corrected chi connectivity index (χ4v) is 7.10. The predicted molar refractivity (Wildman–Crippen MR) is 157 cm³/mol. The van der Waals surface area contributed by atoms with Crippen molar-refractivity contribution in [3.8, 4) is 11.5 Å². The number of rotatable bonds is 11. The Morgan fingerprint density at radius 3 is 2.40 bits per heavy atom. The maximum atomic E-state index is 15.9. The number of anilines is 2. The summed E-state index contributed by atoms with van der Waals surface area (Å²) in [6, 6.07) is 8.20. The largest absolute Gasteiger partial charge is 0.497 e. The first-order chi connectivity index (χ1) is 21.1. The minimum absolute atomic E-state index is 0.149. The van der Waals surface area contributed by atoms with Crippen LogP contribution >= 0.6 is 11.6 Å². The lowest BCUT2D eigenvalue weighted by atomic mass is 9.85. The normalized spacial score (nSPS) is 17.2.